The largest absolute Gasteiger partial charge is 0.390 e. The molecule has 0 unspecified atom stereocenters. The van der Waals surface area contributed by atoms with E-state index in [1.807, 2.05) is 58.0 Å². The summed E-state index contributed by atoms with van der Waals surface area (Å²) in [6, 6.07) is 14.1. The molecule has 1 heterocycles. The van der Waals surface area contributed by atoms with E-state index in [1.165, 1.54) is 4.90 Å². The third-order valence-electron chi connectivity index (χ3n) is 7.15. The average molecular weight is 449 g/mol. The molecule has 4 N–H and O–H groups in total. The molecule has 2 aliphatic rings. The van der Waals surface area contributed by atoms with Gasteiger partial charge in [0, 0.05) is 12.0 Å². The number of guanidine groups is 1. The van der Waals surface area contributed by atoms with Crippen molar-refractivity contribution in [3.8, 4) is 0 Å². The molecule has 174 valence electrons. The molecule has 2 aromatic rings. The summed E-state index contributed by atoms with van der Waals surface area (Å²) in [6.07, 6.45) is 0.142. The monoisotopic (exact) mass is 448 g/mol. The Morgan fingerprint density at radius 2 is 1.94 bits per heavy atom. The van der Waals surface area contributed by atoms with Crippen LogP contribution in [0.3, 0.4) is 0 Å². The third-order valence-corrected chi connectivity index (χ3v) is 7.15. The zero-order valence-electron chi connectivity index (χ0n) is 19.6. The van der Waals surface area contributed by atoms with Gasteiger partial charge in [-0.2, -0.15) is 0 Å². The molecule has 4 rings (SSSR count). The number of nitrogens with two attached hydrogens (primary N) is 1. The Labute approximate surface area is 194 Å². The van der Waals surface area contributed by atoms with Gasteiger partial charge in [0.2, 0.25) is 5.91 Å². The predicted molar refractivity (Wildman–Crippen MR) is 128 cm³/mol. The molecule has 0 saturated carbocycles. The Kier molecular flexibility index (Phi) is 6.01. The smallest absolute Gasteiger partial charge is 0.251 e. The van der Waals surface area contributed by atoms with Crippen LogP contribution in [0.15, 0.2) is 53.5 Å². The van der Waals surface area contributed by atoms with Gasteiger partial charge in [0.1, 0.15) is 0 Å². The lowest BCUT2D eigenvalue weighted by atomic mass is 9.84. The first-order chi connectivity index (χ1) is 15.6. The van der Waals surface area contributed by atoms with E-state index in [9.17, 15) is 14.7 Å². The van der Waals surface area contributed by atoms with Crippen LogP contribution in [0.5, 0.6) is 0 Å². The van der Waals surface area contributed by atoms with E-state index in [4.69, 9.17) is 5.73 Å². The van der Waals surface area contributed by atoms with Crippen molar-refractivity contribution in [2.45, 2.75) is 64.3 Å². The van der Waals surface area contributed by atoms with Crippen molar-refractivity contribution in [2.75, 3.05) is 0 Å². The minimum absolute atomic E-state index is 0.0771. The Morgan fingerprint density at radius 1 is 1.21 bits per heavy atom. The van der Waals surface area contributed by atoms with E-state index in [2.05, 4.69) is 10.3 Å². The quantitative estimate of drug-likeness (QED) is 0.653. The van der Waals surface area contributed by atoms with Gasteiger partial charge in [-0.15, -0.1) is 0 Å². The summed E-state index contributed by atoms with van der Waals surface area (Å²) in [4.78, 5) is 32.2. The second kappa shape index (κ2) is 8.63. The van der Waals surface area contributed by atoms with Crippen molar-refractivity contribution < 1.29 is 14.7 Å². The zero-order chi connectivity index (χ0) is 23.9. The summed E-state index contributed by atoms with van der Waals surface area (Å²) >= 11 is 0. The number of aliphatic hydroxyl groups is 1. The Balaban J connectivity index is 1.55. The third kappa shape index (κ3) is 4.25. The zero-order valence-corrected chi connectivity index (χ0v) is 19.6. The number of fused-ring (bicyclic) bond motifs is 1. The Hall–Kier alpha value is -3.19. The molecule has 0 fully saturated rings. The summed E-state index contributed by atoms with van der Waals surface area (Å²) in [5, 5.41) is 13.4. The number of carbonyl (C=O) groups excluding carboxylic acids is 2. The number of hydrogen-bond acceptors (Lipinski definition) is 5. The van der Waals surface area contributed by atoms with Gasteiger partial charge in [-0.3, -0.25) is 14.5 Å². The number of benzene rings is 2. The second-order valence-corrected chi connectivity index (χ2v) is 9.65. The number of hydrogen-bond donors (Lipinski definition) is 3. The standard InChI is InChI=1S/C26H32N4O3/c1-15(2)26(4)14-22(32)30(25(27)29-26)16(3)17-9-7-10-19(12-17)24(33)28-23-20-11-6-5-8-18(20)13-21(23)31/h5-12,15-16,21,23,31H,13-14H2,1-4H3,(H2,27,29)(H,28,33)/t16-,21-,23-,26+/m1/s1. The molecule has 0 bridgehead atoms. The minimum Gasteiger partial charge on any atom is -0.390 e. The lowest BCUT2D eigenvalue weighted by molar-refractivity contribution is -0.131. The molecule has 0 aromatic heterocycles. The van der Waals surface area contributed by atoms with Crippen molar-refractivity contribution in [3.63, 3.8) is 0 Å². The lowest BCUT2D eigenvalue weighted by Crippen LogP contribution is -2.52. The maximum atomic E-state index is 13.0. The van der Waals surface area contributed by atoms with Crippen LogP contribution in [-0.4, -0.2) is 39.4 Å². The van der Waals surface area contributed by atoms with E-state index in [1.54, 1.807) is 18.2 Å². The Bertz CT molecular complexity index is 1110. The predicted octanol–water partition coefficient (Wildman–Crippen LogP) is 3.10. The van der Waals surface area contributed by atoms with E-state index in [0.717, 1.165) is 16.7 Å². The van der Waals surface area contributed by atoms with Crippen LogP contribution in [0.25, 0.3) is 0 Å². The van der Waals surface area contributed by atoms with Gasteiger partial charge in [-0.25, -0.2) is 4.99 Å². The molecule has 7 heteroatoms. The van der Waals surface area contributed by atoms with Gasteiger partial charge in [0.15, 0.2) is 5.96 Å². The highest BCUT2D eigenvalue weighted by Gasteiger charge is 2.40. The number of rotatable bonds is 5. The van der Waals surface area contributed by atoms with Gasteiger partial charge in [-0.05, 0) is 48.6 Å². The second-order valence-electron chi connectivity index (χ2n) is 9.65. The molecule has 0 radical (unpaired) electrons. The first kappa shape index (κ1) is 23.0. The SMILES string of the molecule is CC(C)[C@]1(C)CC(=O)N([C@H](C)c2cccc(C(=O)N[C@@H]3c4ccccc4C[C@H]3O)c2)C(N)=N1. The number of aliphatic imine (C=N–C) groups is 1. The van der Waals surface area contributed by atoms with Crippen LogP contribution < -0.4 is 11.1 Å². The fourth-order valence-corrected chi connectivity index (χ4v) is 4.68. The van der Waals surface area contributed by atoms with Gasteiger partial charge in [0.05, 0.1) is 30.1 Å². The molecular formula is C26H32N4O3. The first-order valence-corrected chi connectivity index (χ1v) is 11.4. The highest BCUT2D eigenvalue weighted by molar-refractivity contribution is 5.99. The van der Waals surface area contributed by atoms with Crippen molar-refractivity contribution >= 4 is 17.8 Å². The van der Waals surface area contributed by atoms with Crippen LogP contribution in [0.2, 0.25) is 0 Å². The number of carbonyl (C=O) groups is 2. The summed E-state index contributed by atoms with van der Waals surface area (Å²) < 4.78 is 0. The molecular weight excluding hydrogens is 416 g/mol. The first-order valence-electron chi connectivity index (χ1n) is 11.4. The minimum atomic E-state index is -0.661. The van der Waals surface area contributed by atoms with E-state index in [0.29, 0.717) is 12.0 Å². The van der Waals surface area contributed by atoms with E-state index < -0.39 is 17.7 Å². The average Bonchev–Trinajstić information content (AvgIpc) is 3.08. The molecule has 1 aliphatic carbocycles. The fraction of sp³-hybridized carbons (Fsp3) is 0.423. The van der Waals surface area contributed by atoms with Gasteiger partial charge >= 0.3 is 0 Å². The fourth-order valence-electron chi connectivity index (χ4n) is 4.68. The van der Waals surface area contributed by atoms with Crippen molar-refractivity contribution in [1.82, 2.24) is 10.2 Å². The summed E-state index contributed by atoms with van der Waals surface area (Å²) in [5.41, 5.74) is 8.96. The normalized spacial score (nSPS) is 25.6. The Morgan fingerprint density at radius 3 is 2.64 bits per heavy atom. The number of amides is 2. The van der Waals surface area contributed by atoms with Crippen LogP contribution >= 0.6 is 0 Å². The van der Waals surface area contributed by atoms with E-state index in [-0.39, 0.29) is 36.2 Å². The molecule has 2 amide bonds. The molecule has 1 aliphatic heterocycles. The number of nitrogens with zero attached hydrogens (tertiary/aromatic N) is 2. The number of aliphatic hydroxyl groups excluding tert-OH is 1. The maximum absolute atomic E-state index is 13.0. The lowest BCUT2D eigenvalue weighted by Gasteiger charge is -2.40. The highest BCUT2D eigenvalue weighted by Crippen LogP contribution is 2.34. The van der Waals surface area contributed by atoms with Crippen LogP contribution in [-0.2, 0) is 11.2 Å². The van der Waals surface area contributed by atoms with Gasteiger partial charge < -0.3 is 16.2 Å². The topological polar surface area (TPSA) is 108 Å². The molecule has 4 atom stereocenters. The highest BCUT2D eigenvalue weighted by atomic mass is 16.3. The number of nitrogens with one attached hydrogen (secondary N) is 1. The van der Waals surface area contributed by atoms with Crippen LogP contribution in [0.4, 0.5) is 0 Å². The van der Waals surface area contributed by atoms with Crippen molar-refractivity contribution in [2.24, 2.45) is 16.6 Å². The molecule has 0 spiro atoms. The van der Waals surface area contributed by atoms with Crippen molar-refractivity contribution in [1.29, 1.82) is 0 Å². The molecule has 2 aromatic carbocycles. The molecule has 0 saturated heterocycles. The summed E-state index contributed by atoms with van der Waals surface area (Å²) in [7, 11) is 0. The maximum Gasteiger partial charge on any atom is 0.251 e. The van der Waals surface area contributed by atoms with Gasteiger partial charge in [-0.1, -0.05) is 50.2 Å². The summed E-state index contributed by atoms with van der Waals surface area (Å²) in [6.45, 7) is 7.90. The van der Waals surface area contributed by atoms with Crippen LogP contribution in [0, 0.1) is 5.92 Å². The van der Waals surface area contributed by atoms with Crippen molar-refractivity contribution in [3.05, 3.63) is 70.8 Å². The van der Waals surface area contributed by atoms with E-state index >= 15 is 0 Å². The van der Waals surface area contributed by atoms with Crippen LogP contribution in [0.1, 0.15) is 73.2 Å². The van der Waals surface area contributed by atoms with Gasteiger partial charge in [0.25, 0.3) is 5.91 Å². The molecule has 7 nitrogen and oxygen atoms in total. The molecule has 33 heavy (non-hydrogen) atoms. The summed E-state index contributed by atoms with van der Waals surface area (Å²) in [5.74, 6) is 0.0339.